The Morgan fingerprint density at radius 3 is 2.32 bits per heavy atom. The zero-order valence-electron chi connectivity index (χ0n) is 14.0. The predicted molar refractivity (Wildman–Crippen MR) is 91.1 cm³/mol. The summed E-state index contributed by atoms with van der Waals surface area (Å²) in [7, 11) is 0. The molecule has 1 amide bonds. The molecule has 0 saturated carbocycles. The molecule has 0 aliphatic heterocycles. The molecule has 6 heteroatoms. The van der Waals surface area contributed by atoms with Gasteiger partial charge in [-0.25, -0.2) is 4.39 Å². The van der Waals surface area contributed by atoms with Crippen LogP contribution < -0.4 is 10.1 Å². The highest BCUT2D eigenvalue weighted by atomic mass is 19.1. The van der Waals surface area contributed by atoms with Gasteiger partial charge in [0, 0.05) is 0 Å². The van der Waals surface area contributed by atoms with Crippen LogP contribution in [0.15, 0.2) is 48.5 Å². The minimum absolute atomic E-state index is 0.0152. The molecule has 0 saturated heterocycles. The first-order valence-corrected chi connectivity index (χ1v) is 7.90. The monoisotopic (exact) mass is 345 g/mol. The van der Waals surface area contributed by atoms with Crippen LogP contribution in [0, 0.1) is 5.82 Å². The number of benzene rings is 2. The number of carbonyl (C=O) groups excluding carboxylic acids is 1. The molecule has 132 valence electrons. The van der Waals surface area contributed by atoms with E-state index >= 15 is 0 Å². The van der Waals surface area contributed by atoms with E-state index in [1.807, 2.05) is 13.8 Å². The van der Waals surface area contributed by atoms with E-state index < -0.39 is 23.7 Å². The average molecular weight is 345 g/mol. The van der Waals surface area contributed by atoms with E-state index in [2.05, 4.69) is 5.32 Å². The number of rotatable bonds is 7. The highest BCUT2D eigenvalue weighted by molar-refractivity contribution is 5.94. The minimum Gasteiger partial charge on any atom is -0.491 e. The highest BCUT2D eigenvalue weighted by Crippen LogP contribution is 2.22. The summed E-state index contributed by atoms with van der Waals surface area (Å²) in [6.45, 7) is 3.80. The van der Waals surface area contributed by atoms with Crippen LogP contribution in [0.1, 0.15) is 42.2 Å². The lowest BCUT2D eigenvalue weighted by atomic mass is 10.0. The molecule has 0 radical (unpaired) electrons. The van der Waals surface area contributed by atoms with Crippen molar-refractivity contribution >= 4 is 11.9 Å². The Labute approximate surface area is 145 Å². The molecule has 2 aromatic carbocycles. The molecule has 2 aromatic rings. The zero-order chi connectivity index (χ0) is 18.4. The van der Waals surface area contributed by atoms with Crippen LogP contribution in [0.5, 0.6) is 5.75 Å². The number of halogens is 1. The van der Waals surface area contributed by atoms with Crippen molar-refractivity contribution in [2.75, 3.05) is 0 Å². The third-order valence-corrected chi connectivity index (χ3v) is 3.46. The van der Waals surface area contributed by atoms with E-state index in [-0.39, 0.29) is 18.1 Å². The lowest BCUT2D eigenvalue weighted by Gasteiger charge is -2.18. The van der Waals surface area contributed by atoms with Gasteiger partial charge in [0.2, 0.25) is 0 Å². The number of amides is 1. The van der Waals surface area contributed by atoms with E-state index in [0.717, 1.165) is 0 Å². The summed E-state index contributed by atoms with van der Waals surface area (Å²) in [6, 6.07) is 11.6. The summed E-state index contributed by atoms with van der Waals surface area (Å²) >= 11 is 0. The van der Waals surface area contributed by atoms with Crippen molar-refractivity contribution in [3.05, 3.63) is 65.5 Å². The van der Waals surface area contributed by atoms with Gasteiger partial charge in [0.05, 0.1) is 24.1 Å². The van der Waals surface area contributed by atoms with E-state index in [4.69, 9.17) is 9.84 Å². The van der Waals surface area contributed by atoms with Gasteiger partial charge in [-0.2, -0.15) is 0 Å². The van der Waals surface area contributed by atoms with Crippen LogP contribution in [0.25, 0.3) is 0 Å². The predicted octanol–water partition coefficient (Wildman–Crippen LogP) is 3.56. The third kappa shape index (κ3) is 5.31. The first-order chi connectivity index (χ1) is 11.9. The fourth-order valence-electron chi connectivity index (χ4n) is 2.36. The van der Waals surface area contributed by atoms with Crippen molar-refractivity contribution in [1.82, 2.24) is 5.32 Å². The third-order valence-electron chi connectivity index (χ3n) is 3.46. The van der Waals surface area contributed by atoms with Gasteiger partial charge in [-0.05, 0) is 43.7 Å². The average Bonchev–Trinajstić information content (AvgIpc) is 2.54. The lowest BCUT2D eigenvalue weighted by molar-refractivity contribution is -0.137. The van der Waals surface area contributed by atoms with Crippen LogP contribution in [0.2, 0.25) is 0 Å². The fraction of sp³-hybridized carbons (Fsp3) is 0.263. The maximum atomic E-state index is 13.7. The Morgan fingerprint density at radius 1 is 1.12 bits per heavy atom. The van der Waals surface area contributed by atoms with Crippen LogP contribution in [0.3, 0.4) is 0 Å². The number of aliphatic carboxylic acids is 1. The molecule has 0 unspecified atom stereocenters. The van der Waals surface area contributed by atoms with Crippen LogP contribution in [0.4, 0.5) is 4.39 Å². The molecule has 1 atom stereocenters. The highest BCUT2D eigenvalue weighted by Gasteiger charge is 2.20. The Balaban J connectivity index is 2.20. The molecule has 0 heterocycles. The largest absolute Gasteiger partial charge is 0.491 e. The number of ether oxygens (including phenoxy) is 1. The summed E-state index contributed by atoms with van der Waals surface area (Å²) in [5.74, 6) is -1.74. The number of carboxylic acids is 1. The number of nitrogens with one attached hydrogen (secondary N) is 1. The molecule has 0 aromatic heterocycles. The van der Waals surface area contributed by atoms with Gasteiger partial charge >= 0.3 is 5.97 Å². The molecular weight excluding hydrogens is 325 g/mol. The second kappa shape index (κ2) is 8.28. The molecule has 2 N–H and O–H groups in total. The molecule has 25 heavy (non-hydrogen) atoms. The van der Waals surface area contributed by atoms with Crippen LogP contribution in [-0.4, -0.2) is 23.1 Å². The lowest BCUT2D eigenvalue weighted by Crippen LogP contribution is -2.30. The van der Waals surface area contributed by atoms with Gasteiger partial charge in [-0.3, -0.25) is 9.59 Å². The van der Waals surface area contributed by atoms with Gasteiger partial charge < -0.3 is 15.2 Å². The minimum atomic E-state index is -1.07. The van der Waals surface area contributed by atoms with Crippen LogP contribution in [-0.2, 0) is 4.79 Å². The summed E-state index contributed by atoms with van der Waals surface area (Å²) in [5.41, 5.74) is 0.473. The fourth-order valence-corrected chi connectivity index (χ4v) is 2.36. The smallest absolute Gasteiger partial charge is 0.305 e. The Hall–Kier alpha value is -2.89. The van der Waals surface area contributed by atoms with E-state index in [0.29, 0.717) is 11.3 Å². The molecule has 0 aliphatic rings. The van der Waals surface area contributed by atoms with Crippen molar-refractivity contribution in [3.63, 3.8) is 0 Å². The van der Waals surface area contributed by atoms with Crippen molar-refractivity contribution in [2.24, 2.45) is 0 Å². The first kappa shape index (κ1) is 18.4. The summed E-state index contributed by atoms with van der Waals surface area (Å²) < 4.78 is 19.3. The van der Waals surface area contributed by atoms with Crippen molar-refractivity contribution in [1.29, 1.82) is 0 Å². The number of carboxylic acid groups (broad SMARTS) is 1. The molecule has 0 aliphatic carbocycles. The standard InChI is InChI=1S/C19H20FNO4/c1-12(2)25-14-9-7-13(8-10-14)17(11-18(22)23)21-19(24)15-5-3-4-6-16(15)20/h3-10,12,17H,11H2,1-2H3,(H,21,24)(H,22,23)/t17-/m0/s1. The quantitative estimate of drug-likeness (QED) is 0.804. The van der Waals surface area contributed by atoms with Crippen molar-refractivity contribution in [3.8, 4) is 5.75 Å². The molecular formula is C19H20FNO4. The number of carbonyl (C=O) groups is 2. The van der Waals surface area contributed by atoms with Gasteiger partial charge in [-0.1, -0.05) is 24.3 Å². The SMILES string of the molecule is CC(C)Oc1ccc([C@H](CC(=O)O)NC(=O)c2ccccc2F)cc1. The molecule has 0 fully saturated rings. The molecule has 5 nitrogen and oxygen atoms in total. The van der Waals surface area contributed by atoms with Gasteiger partial charge in [0.25, 0.3) is 5.91 Å². The van der Waals surface area contributed by atoms with Crippen molar-refractivity contribution < 1.29 is 23.8 Å². The second-order valence-electron chi connectivity index (χ2n) is 5.84. The Kier molecular flexibility index (Phi) is 6.11. The van der Waals surface area contributed by atoms with E-state index in [1.54, 1.807) is 30.3 Å². The van der Waals surface area contributed by atoms with Crippen LogP contribution >= 0.6 is 0 Å². The zero-order valence-corrected chi connectivity index (χ0v) is 14.0. The topological polar surface area (TPSA) is 75.6 Å². The maximum absolute atomic E-state index is 13.7. The normalized spacial score (nSPS) is 11.8. The summed E-state index contributed by atoms with van der Waals surface area (Å²) in [6.07, 6.45) is -0.300. The van der Waals surface area contributed by atoms with Gasteiger partial charge in [0.15, 0.2) is 0 Å². The van der Waals surface area contributed by atoms with Crippen molar-refractivity contribution in [2.45, 2.75) is 32.4 Å². The second-order valence-corrected chi connectivity index (χ2v) is 5.84. The molecule has 0 bridgehead atoms. The summed E-state index contributed by atoms with van der Waals surface area (Å²) in [5, 5.41) is 11.7. The number of hydrogen-bond acceptors (Lipinski definition) is 3. The molecule has 0 spiro atoms. The number of hydrogen-bond donors (Lipinski definition) is 2. The van der Waals surface area contributed by atoms with Gasteiger partial charge in [0.1, 0.15) is 11.6 Å². The Bertz CT molecular complexity index is 743. The first-order valence-electron chi connectivity index (χ1n) is 7.90. The van der Waals surface area contributed by atoms with E-state index in [1.165, 1.54) is 18.2 Å². The van der Waals surface area contributed by atoms with E-state index in [9.17, 15) is 14.0 Å². The Morgan fingerprint density at radius 2 is 1.76 bits per heavy atom. The summed E-state index contributed by atoms with van der Waals surface area (Å²) in [4.78, 5) is 23.4. The molecule has 2 rings (SSSR count). The maximum Gasteiger partial charge on any atom is 0.305 e. The van der Waals surface area contributed by atoms with Gasteiger partial charge in [-0.15, -0.1) is 0 Å².